The molecule has 4 rings (SSSR count). The standard InChI is InChI=1S/C35H43N5O5S/c1-2-3-4-5-6-7-8-9-10-11-13-25-14-12-15-32(45-35(43)44)29(25)23-46-34-38-30-21-16-26(22-31(30)39-34)33(42)37-27-17-19-28(20-18-27)40-36-24-41/h12,14-22,24,40H,2-11,13,23H2,1H3,(H,36,41)(H,37,42)(H,38,39)(H,43,44). The van der Waals surface area contributed by atoms with Crippen LogP contribution >= 0.6 is 11.8 Å². The Labute approximate surface area is 274 Å². The summed E-state index contributed by atoms with van der Waals surface area (Å²) < 4.78 is 5.16. The van der Waals surface area contributed by atoms with Crippen LogP contribution in [-0.4, -0.2) is 33.5 Å². The van der Waals surface area contributed by atoms with Gasteiger partial charge in [-0.05, 0) is 66.9 Å². The molecule has 0 radical (unpaired) electrons. The van der Waals surface area contributed by atoms with Crippen LogP contribution in [0.4, 0.5) is 16.2 Å². The average molecular weight is 646 g/mol. The van der Waals surface area contributed by atoms with E-state index in [1.165, 1.54) is 63.1 Å². The van der Waals surface area contributed by atoms with Crippen molar-refractivity contribution in [2.75, 3.05) is 10.7 Å². The molecule has 2 amide bonds. The summed E-state index contributed by atoms with van der Waals surface area (Å²) in [5, 5.41) is 12.9. The normalized spacial score (nSPS) is 10.9. The molecule has 0 fully saturated rings. The molecule has 0 saturated carbocycles. The maximum Gasteiger partial charge on any atom is 0.511 e. The number of amides is 2. The lowest BCUT2D eigenvalue weighted by molar-refractivity contribution is -0.109. The molecule has 0 aliphatic rings. The number of unbranched alkanes of at least 4 members (excludes halogenated alkanes) is 9. The molecule has 11 heteroatoms. The highest BCUT2D eigenvalue weighted by atomic mass is 32.2. The van der Waals surface area contributed by atoms with Gasteiger partial charge in [0, 0.05) is 22.6 Å². The van der Waals surface area contributed by atoms with Gasteiger partial charge in [-0.1, -0.05) is 88.6 Å². The van der Waals surface area contributed by atoms with Crippen molar-refractivity contribution in [3.63, 3.8) is 0 Å². The number of nitrogens with zero attached hydrogens (tertiary/aromatic N) is 1. The first kappa shape index (κ1) is 34.4. The summed E-state index contributed by atoms with van der Waals surface area (Å²) in [6.45, 7) is 2.24. The van der Waals surface area contributed by atoms with Gasteiger partial charge in [0.2, 0.25) is 6.41 Å². The number of aryl methyl sites for hydroxylation is 1. The van der Waals surface area contributed by atoms with Gasteiger partial charge in [-0.2, -0.15) is 0 Å². The third-order valence-electron chi connectivity index (χ3n) is 7.72. The van der Waals surface area contributed by atoms with Crippen molar-refractivity contribution in [3.05, 3.63) is 77.4 Å². The lowest BCUT2D eigenvalue weighted by atomic mass is 10.00. The molecule has 3 aromatic carbocycles. The molecular weight excluding hydrogens is 602 g/mol. The molecule has 0 unspecified atom stereocenters. The van der Waals surface area contributed by atoms with Crippen molar-refractivity contribution in [1.29, 1.82) is 0 Å². The number of fused-ring (bicyclic) bond motifs is 1. The Morgan fingerprint density at radius 1 is 0.913 bits per heavy atom. The zero-order valence-corrected chi connectivity index (χ0v) is 27.1. The summed E-state index contributed by atoms with van der Waals surface area (Å²) in [4.78, 5) is 42.7. The van der Waals surface area contributed by atoms with Gasteiger partial charge in [0.05, 0.1) is 16.7 Å². The predicted molar refractivity (Wildman–Crippen MR) is 184 cm³/mol. The van der Waals surface area contributed by atoms with Crippen molar-refractivity contribution >= 4 is 52.6 Å². The summed E-state index contributed by atoms with van der Waals surface area (Å²) in [5.74, 6) is 0.564. The number of hydrogen-bond acceptors (Lipinski definition) is 7. The second-order valence-electron chi connectivity index (χ2n) is 11.2. The number of carbonyl (C=O) groups excluding carboxylic acids is 2. The SMILES string of the molecule is CCCCCCCCCCCCc1cccc(OC(=O)O)c1CSc1nc2ccc(C(=O)Nc3ccc(NNC=O)cc3)cc2[nH]1. The van der Waals surface area contributed by atoms with Gasteiger partial charge >= 0.3 is 6.16 Å². The van der Waals surface area contributed by atoms with Crippen molar-refractivity contribution in [1.82, 2.24) is 15.4 Å². The summed E-state index contributed by atoms with van der Waals surface area (Å²) in [6.07, 6.45) is 12.6. The first-order valence-electron chi connectivity index (χ1n) is 16.0. The number of hydrazine groups is 1. The first-order valence-corrected chi connectivity index (χ1v) is 17.0. The number of thioether (sulfide) groups is 1. The minimum atomic E-state index is -1.33. The van der Waals surface area contributed by atoms with E-state index < -0.39 is 6.16 Å². The summed E-state index contributed by atoms with van der Waals surface area (Å²) >= 11 is 1.46. The van der Waals surface area contributed by atoms with Crippen molar-refractivity contribution in [2.45, 2.75) is 88.5 Å². The van der Waals surface area contributed by atoms with Gasteiger partial charge in [-0.25, -0.2) is 9.78 Å². The number of hydrogen-bond donors (Lipinski definition) is 5. The number of rotatable bonds is 20. The van der Waals surface area contributed by atoms with Gasteiger partial charge in [0.25, 0.3) is 5.91 Å². The summed E-state index contributed by atoms with van der Waals surface area (Å²) in [7, 11) is 0. The van der Waals surface area contributed by atoms with Gasteiger partial charge in [-0.15, -0.1) is 0 Å². The molecule has 0 aliphatic carbocycles. The van der Waals surface area contributed by atoms with Crippen LogP contribution in [0.5, 0.6) is 5.75 Å². The Kier molecular flexibility index (Phi) is 13.8. The van der Waals surface area contributed by atoms with E-state index in [1.807, 2.05) is 12.1 Å². The van der Waals surface area contributed by atoms with Gasteiger partial charge in [-0.3, -0.25) is 20.4 Å². The fourth-order valence-electron chi connectivity index (χ4n) is 5.29. The maximum atomic E-state index is 12.9. The van der Waals surface area contributed by atoms with Crippen LogP contribution in [0.25, 0.3) is 11.0 Å². The van der Waals surface area contributed by atoms with E-state index in [4.69, 9.17) is 4.74 Å². The van der Waals surface area contributed by atoms with E-state index in [0.717, 1.165) is 41.4 Å². The number of ether oxygens (including phenoxy) is 1. The van der Waals surface area contributed by atoms with E-state index in [1.54, 1.807) is 48.5 Å². The fraction of sp³-hybridized carbons (Fsp3) is 0.371. The minimum Gasteiger partial charge on any atom is -0.449 e. The molecule has 46 heavy (non-hydrogen) atoms. The highest BCUT2D eigenvalue weighted by Crippen LogP contribution is 2.32. The largest absolute Gasteiger partial charge is 0.511 e. The second kappa shape index (κ2) is 18.5. The molecule has 0 spiro atoms. The zero-order chi connectivity index (χ0) is 32.6. The van der Waals surface area contributed by atoms with Crippen molar-refractivity contribution in [3.8, 4) is 5.75 Å². The van der Waals surface area contributed by atoms with Gasteiger partial charge in [0.1, 0.15) is 5.75 Å². The van der Waals surface area contributed by atoms with Crippen LogP contribution in [0.1, 0.15) is 92.6 Å². The van der Waals surface area contributed by atoms with E-state index >= 15 is 0 Å². The number of benzene rings is 3. The third kappa shape index (κ3) is 10.8. The Bertz CT molecular complexity index is 1570. The molecule has 1 heterocycles. The number of aromatic nitrogens is 2. The van der Waals surface area contributed by atoms with E-state index in [9.17, 15) is 19.5 Å². The molecule has 5 N–H and O–H groups in total. The summed E-state index contributed by atoms with van der Waals surface area (Å²) in [6, 6.07) is 17.8. The number of nitrogens with one attached hydrogen (secondary N) is 4. The molecule has 4 aromatic rings. The smallest absolute Gasteiger partial charge is 0.449 e. The summed E-state index contributed by atoms with van der Waals surface area (Å²) in [5.41, 5.74) is 10.2. The van der Waals surface area contributed by atoms with Crippen LogP contribution in [0.3, 0.4) is 0 Å². The van der Waals surface area contributed by atoms with Crippen LogP contribution in [-0.2, 0) is 17.0 Å². The Hall–Kier alpha value is -4.51. The maximum absolute atomic E-state index is 12.9. The number of H-pyrrole nitrogens is 1. The quantitative estimate of drug-likeness (QED) is 0.0160. The lowest BCUT2D eigenvalue weighted by Crippen LogP contribution is -2.18. The van der Waals surface area contributed by atoms with Gasteiger partial charge < -0.3 is 20.1 Å². The van der Waals surface area contributed by atoms with Crippen LogP contribution < -0.4 is 20.9 Å². The second-order valence-corrected chi connectivity index (χ2v) is 12.1. The molecule has 0 saturated heterocycles. The first-order chi connectivity index (χ1) is 22.5. The van der Waals surface area contributed by atoms with Crippen LogP contribution in [0.2, 0.25) is 0 Å². The highest BCUT2D eigenvalue weighted by Gasteiger charge is 2.15. The number of carboxylic acid groups (broad SMARTS) is 1. The molecular formula is C35H43N5O5S. The average Bonchev–Trinajstić information content (AvgIpc) is 3.47. The number of anilines is 2. The Morgan fingerprint density at radius 2 is 1.61 bits per heavy atom. The molecule has 0 aliphatic heterocycles. The van der Waals surface area contributed by atoms with E-state index in [0.29, 0.717) is 40.0 Å². The topological polar surface area (TPSA) is 145 Å². The number of aromatic amines is 1. The minimum absolute atomic E-state index is 0.270. The lowest BCUT2D eigenvalue weighted by Gasteiger charge is -2.13. The molecule has 0 bridgehead atoms. The van der Waals surface area contributed by atoms with E-state index in [-0.39, 0.29) is 5.91 Å². The molecule has 0 atom stereocenters. The molecule has 244 valence electrons. The Morgan fingerprint density at radius 3 is 2.30 bits per heavy atom. The highest BCUT2D eigenvalue weighted by molar-refractivity contribution is 7.98. The molecule has 10 nitrogen and oxygen atoms in total. The number of imidazole rings is 1. The van der Waals surface area contributed by atoms with Crippen LogP contribution in [0, 0.1) is 0 Å². The number of carbonyl (C=O) groups is 3. The molecule has 1 aromatic heterocycles. The van der Waals surface area contributed by atoms with E-state index in [2.05, 4.69) is 33.1 Å². The monoisotopic (exact) mass is 645 g/mol. The fourth-order valence-corrected chi connectivity index (χ4v) is 6.24. The van der Waals surface area contributed by atoms with Gasteiger partial charge in [0.15, 0.2) is 5.16 Å². The Balaban J connectivity index is 1.34. The zero-order valence-electron chi connectivity index (χ0n) is 26.3. The van der Waals surface area contributed by atoms with Crippen molar-refractivity contribution in [2.24, 2.45) is 0 Å². The van der Waals surface area contributed by atoms with Crippen LogP contribution in [0.15, 0.2) is 65.8 Å². The predicted octanol–water partition coefficient (Wildman–Crippen LogP) is 8.70. The van der Waals surface area contributed by atoms with Crippen molar-refractivity contribution < 1.29 is 24.2 Å². The third-order valence-corrected chi connectivity index (χ3v) is 8.62.